The molecule has 148 valence electrons. The molecule has 0 fully saturated rings. The summed E-state index contributed by atoms with van der Waals surface area (Å²) < 4.78 is 0. The van der Waals surface area contributed by atoms with E-state index in [0.29, 0.717) is 16.8 Å². The molecule has 2 aromatic rings. The summed E-state index contributed by atoms with van der Waals surface area (Å²) in [5, 5.41) is 27.2. The quantitative estimate of drug-likeness (QED) is 0.297. The maximum absolute atomic E-state index is 12.7. The number of rotatable bonds is 6. The highest BCUT2D eigenvalue weighted by Gasteiger charge is 2.25. The zero-order valence-corrected chi connectivity index (χ0v) is 15.6. The molecule has 0 unspecified atom stereocenters. The highest BCUT2D eigenvalue weighted by molar-refractivity contribution is 6.03. The third-order valence-electron chi connectivity index (χ3n) is 4.60. The van der Waals surface area contributed by atoms with Gasteiger partial charge in [-0.25, -0.2) is 5.48 Å². The number of hydrogen-bond donors (Lipinski definition) is 3. The molecule has 9 heteroatoms. The number of allylic oxidation sites excluding steroid dienone is 1. The molecule has 0 saturated heterocycles. The van der Waals surface area contributed by atoms with E-state index >= 15 is 0 Å². The van der Waals surface area contributed by atoms with Crippen LogP contribution in [-0.2, 0) is 17.6 Å². The van der Waals surface area contributed by atoms with Gasteiger partial charge in [0, 0.05) is 30.0 Å². The Morgan fingerprint density at radius 2 is 1.97 bits per heavy atom. The number of nitro groups is 1. The Labute approximate surface area is 166 Å². The second-order valence-electron chi connectivity index (χ2n) is 6.53. The SMILES string of the molecule is C/C(=N\N=C(N)NO)c1ccc(CC(=O)C2=Cc3cccc([N+](=O)[O-])c3C2)cc1. The van der Waals surface area contributed by atoms with Crippen molar-refractivity contribution in [3.05, 3.63) is 80.4 Å². The number of carbonyl (C=O) groups excluding carboxylic acids is 1. The Morgan fingerprint density at radius 1 is 1.24 bits per heavy atom. The van der Waals surface area contributed by atoms with Crippen LogP contribution in [0.25, 0.3) is 6.08 Å². The van der Waals surface area contributed by atoms with Crippen LogP contribution in [0.4, 0.5) is 5.69 Å². The molecule has 0 heterocycles. The molecule has 0 bridgehead atoms. The maximum atomic E-state index is 12.7. The van der Waals surface area contributed by atoms with Gasteiger partial charge in [0.2, 0.25) is 5.96 Å². The summed E-state index contributed by atoms with van der Waals surface area (Å²) >= 11 is 0. The van der Waals surface area contributed by atoms with Gasteiger partial charge in [0.1, 0.15) is 0 Å². The van der Waals surface area contributed by atoms with Gasteiger partial charge in [0.15, 0.2) is 5.78 Å². The number of guanidine groups is 1. The Bertz CT molecular complexity index is 1060. The number of nitro benzene ring substituents is 1. The molecule has 0 aliphatic heterocycles. The first-order chi connectivity index (χ1) is 13.9. The van der Waals surface area contributed by atoms with Crippen molar-refractivity contribution in [3.63, 3.8) is 0 Å². The van der Waals surface area contributed by atoms with Crippen molar-refractivity contribution in [2.45, 2.75) is 19.8 Å². The van der Waals surface area contributed by atoms with Crippen molar-refractivity contribution in [2.75, 3.05) is 0 Å². The van der Waals surface area contributed by atoms with E-state index in [2.05, 4.69) is 10.2 Å². The predicted molar refractivity (Wildman–Crippen MR) is 109 cm³/mol. The fraction of sp³-hybridized carbons (Fsp3) is 0.150. The fourth-order valence-corrected chi connectivity index (χ4v) is 3.07. The molecule has 1 aliphatic rings. The highest BCUT2D eigenvalue weighted by atomic mass is 16.6. The molecule has 0 saturated carbocycles. The molecule has 0 amide bonds. The summed E-state index contributed by atoms with van der Waals surface area (Å²) in [4.78, 5) is 23.4. The number of nitrogens with zero attached hydrogens (tertiary/aromatic N) is 3. The molecule has 0 aromatic heterocycles. The van der Waals surface area contributed by atoms with Gasteiger partial charge in [-0.1, -0.05) is 36.4 Å². The van der Waals surface area contributed by atoms with Gasteiger partial charge in [0.25, 0.3) is 5.69 Å². The molecular formula is C20H19N5O4. The molecule has 1 aliphatic carbocycles. The third kappa shape index (κ3) is 4.53. The van der Waals surface area contributed by atoms with E-state index in [1.54, 1.807) is 30.6 Å². The second-order valence-corrected chi connectivity index (χ2v) is 6.53. The fourth-order valence-electron chi connectivity index (χ4n) is 3.07. The lowest BCUT2D eigenvalue weighted by Gasteiger charge is -2.05. The van der Waals surface area contributed by atoms with Crippen LogP contribution in [0.2, 0.25) is 0 Å². The van der Waals surface area contributed by atoms with Crippen molar-refractivity contribution >= 4 is 29.2 Å². The first-order valence-electron chi connectivity index (χ1n) is 8.76. The summed E-state index contributed by atoms with van der Waals surface area (Å²) in [6, 6.07) is 12.1. The van der Waals surface area contributed by atoms with E-state index in [-0.39, 0.29) is 30.3 Å². The first kappa shape index (κ1) is 19.9. The number of fused-ring (bicyclic) bond motifs is 1. The standard InChI is InChI=1S/C20H19N5O4/c1-12(22-23-20(21)24-27)14-7-5-13(6-8-14)9-19(26)16-10-15-3-2-4-18(25(28)29)17(15)11-16/h2-8,10,27H,9,11H2,1H3,(H3,21,23,24)/b22-12+. The number of Topliss-reactive ketones (excluding diaryl/α,β-unsaturated/α-hetero) is 1. The van der Waals surface area contributed by atoms with E-state index in [0.717, 1.165) is 16.7 Å². The number of nitrogens with one attached hydrogen (secondary N) is 1. The lowest BCUT2D eigenvalue weighted by Crippen LogP contribution is -2.27. The summed E-state index contributed by atoms with van der Waals surface area (Å²) in [6.45, 7) is 1.74. The van der Waals surface area contributed by atoms with Gasteiger partial charge < -0.3 is 5.73 Å². The van der Waals surface area contributed by atoms with Gasteiger partial charge in [0.05, 0.1) is 10.6 Å². The minimum atomic E-state index is -0.420. The minimum absolute atomic E-state index is 0.0420. The van der Waals surface area contributed by atoms with E-state index in [1.165, 1.54) is 6.07 Å². The zero-order chi connectivity index (χ0) is 21.0. The van der Waals surface area contributed by atoms with Gasteiger partial charge in [-0.3, -0.25) is 20.1 Å². The second kappa shape index (κ2) is 8.44. The van der Waals surface area contributed by atoms with Crippen LogP contribution in [0, 0.1) is 10.1 Å². The van der Waals surface area contributed by atoms with Crippen molar-refractivity contribution in [2.24, 2.45) is 15.9 Å². The Balaban J connectivity index is 1.69. The largest absolute Gasteiger partial charge is 0.367 e. The van der Waals surface area contributed by atoms with Crippen LogP contribution < -0.4 is 11.2 Å². The van der Waals surface area contributed by atoms with Crippen LogP contribution in [-0.4, -0.2) is 27.6 Å². The van der Waals surface area contributed by atoms with E-state index in [4.69, 9.17) is 10.9 Å². The monoisotopic (exact) mass is 393 g/mol. The molecule has 0 radical (unpaired) electrons. The summed E-state index contributed by atoms with van der Waals surface area (Å²) in [6.07, 6.45) is 2.20. The number of nitrogens with two attached hydrogens (primary N) is 1. The zero-order valence-electron chi connectivity index (χ0n) is 15.6. The highest BCUT2D eigenvalue weighted by Crippen LogP contribution is 2.33. The van der Waals surface area contributed by atoms with Crippen LogP contribution in [0.1, 0.15) is 29.2 Å². The Kier molecular flexibility index (Phi) is 5.79. The molecule has 29 heavy (non-hydrogen) atoms. The van der Waals surface area contributed by atoms with Crippen molar-refractivity contribution in [1.29, 1.82) is 0 Å². The van der Waals surface area contributed by atoms with E-state index in [9.17, 15) is 14.9 Å². The summed E-state index contributed by atoms with van der Waals surface area (Å²) in [5.74, 6) is -0.294. The normalized spacial score (nSPS) is 13.7. The number of hydroxylamine groups is 1. The molecule has 3 rings (SSSR count). The number of hydrogen-bond acceptors (Lipinski definition) is 6. The average Bonchev–Trinajstić information content (AvgIpc) is 3.16. The van der Waals surface area contributed by atoms with Crippen LogP contribution in [0.15, 0.2) is 58.2 Å². The molecular weight excluding hydrogens is 374 g/mol. The number of carbonyl (C=O) groups is 1. The Morgan fingerprint density at radius 3 is 2.62 bits per heavy atom. The smallest absolute Gasteiger partial charge is 0.273 e. The molecule has 4 N–H and O–H groups in total. The minimum Gasteiger partial charge on any atom is -0.367 e. The van der Waals surface area contributed by atoms with Gasteiger partial charge in [-0.05, 0) is 29.7 Å². The van der Waals surface area contributed by atoms with Gasteiger partial charge in [-0.15, -0.1) is 5.10 Å². The first-order valence-corrected chi connectivity index (χ1v) is 8.76. The Hall–Kier alpha value is -3.85. The molecule has 9 nitrogen and oxygen atoms in total. The molecule has 0 atom stereocenters. The van der Waals surface area contributed by atoms with E-state index < -0.39 is 4.92 Å². The summed E-state index contributed by atoms with van der Waals surface area (Å²) in [7, 11) is 0. The lowest BCUT2D eigenvalue weighted by atomic mass is 9.99. The maximum Gasteiger partial charge on any atom is 0.273 e. The predicted octanol–water partition coefficient (Wildman–Crippen LogP) is 2.36. The van der Waals surface area contributed by atoms with Crippen LogP contribution in [0.3, 0.4) is 0 Å². The van der Waals surface area contributed by atoms with Crippen molar-refractivity contribution < 1.29 is 14.9 Å². The third-order valence-corrected chi connectivity index (χ3v) is 4.60. The van der Waals surface area contributed by atoms with Crippen LogP contribution >= 0.6 is 0 Å². The van der Waals surface area contributed by atoms with Crippen molar-refractivity contribution in [3.8, 4) is 0 Å². The summed E-state index contributed by atoms with van der Waals surface area (Å²) in [5.41, 5.74) is 11.1. The van der Waals surface area contributed by atoms with Crippen LogP contribution in [0.5, 0.6) is 0 Å². The molecule has 2 aromatic carbocycles. The van der Waals surface area contributed by atoms with Gasteiger partial charge in [-0.2, -0.15) is 5.10 Å². The topological polar surface area (TPSA) is 143 Å². The number of benzene rings is 2. The van der Waals surface area contributed by atoms with Gasteiger partial charge >= 0.3 is 0 Å². The number of ketones is 1. The van der Waals surface area contributed by atoms with Crippen molar-refractivity contribution in [1.82, 2.24) is 5.48 Å². The van der Waals surface area contributed by atoms with E-state index in [1.807, 2.05) is 24.3 Å². The lowest BCUT2D eigenvalue weighted by molar-refractivity contribution is -0.385. The average molecular weight is 393 g/mol. The molecule has 0 spiro atoms.